The molecule has 1 saturated carbocycles. The second-order valence-electron chi connectivity index (χ2n) is 10.8. The zero-order chi connectivity index (χ0) is 28.0. The number of aromatic nitrogens is 4. The molecule has 2 aromatic carbocycles. The number of carbonyl (C=O) groups excluding carboxylic acids is 1. The lowest BCUT2D eigenvalue weighted by molar-refractivity contribution is -0.121. The van der Waals surface area contributed by atoms with Gasteiger partial charge < -0.3 is 15.6 Å². The number of hydrogen-bond donors (Lipinski definition) is 3. The maximum atomic E-state index is 13.7. The molecule has 41 heavy (non-hydrogen) atoms. The van der Waals surface area contributed by atoms with Gasteiger partial charge in [-0.2, -0.15) is 0 Å². The Labute approximate surface area is 238 Å². The Hall–Kier alpha value is -4.72. The van der Waals surface area contributed by atoms with Gasteiger partial charge in [-0.25, -0.2) is 4.98 Å². The molecule has 8 nitrogen and oxygen atoms in total. The van der Waals surface area contributed by atoms with E-state index < -0.39 is 0 Å². The van der Waals surface area contributed by atoms with Gasteiger partial charge >= 0.3 is 0 Å². The first-order chi connectivity index (χ1) is 20.1. The molecule has 0 unspecified atom stereocenters. The van der Waals surface area contributed by atoms with Gasteiger partial charge in [0.15, 0.2) is 0 Å². The quantitative estimate of drug-likeness (QED) is 0.227. The molecular weight excluding hydrogens is 512 g/mol. The highest BCUT2D eigenvalue weighted by Gasteiger charge is 2.23. The molecule has 1 amide bonds. The summed E-state index contributed by atoms with van der Waals surface area (Å²) in [6.45, 7) is 0.903. The summed E-state index contributed by atoms with van der Waals surface area (Å²) in [7, 11) is 0. The fourth-order valence-corrected chi connectivity index (χ4v) is 5.78. The summed E-state index contributed by atoms with van der Waals surface area (Å²) in [4.78, 5) is 38.8. The number of amides is 1. The summed E-state index contributed by atoms with van der Waals surface area (Å²) in [6.07, 6.45) is 9.64. The van der Waals surface area contributed by atoms with E-state index in [2.05, 4.69) is 55.9 Å². The van der Waals surface area contributed by atoms with Crippen LogP contribution in [-0.2, 0) is 17.9 Å². The van der Waals surface area contributed by atoms with Gasteiger partial charge in [0.1, 0.15) is 18.1 Å². The molecule has 208 valence electrons. The first kappa shape index (κ1) is 26.5. The summed E-state index contributed by atoms with van der Waals surface area (Å²) < 4.78 is 1.47. The lowest BCUT2D eigenvalue weighted by Crippen LogP contribution is -2.35. The summed E-state index contributed by atoms with van der Waals surface area (Å²) in [5, 5.41) is 7.28. The lowest BCUT2D eigenvalue weighted by atomic mass is 9.79. The minimum atomic E-state index is -0.265. The fraction of sp³-hybridized carbons (Fsp3) is 0.273. The molecule has 3 N–H and O–H groups in total. The second-order valence-corrected chi connectivity index (χ2v) is 10.8. The molecule has 0 spiro atoms. The molecule has 3 aromatic heterocycles. The Kier molecular flexibility index (Phi) is 7.89. The maximum Gasteiger partial charge on any atom is 0.277 e. The fourth-order valence-electron chi connectivity index (χ4n) is 5.78. The first-order valence-electron chi connectivity index (χ1n) is 14.3. The molecule has 0 radical (unpaired) electrons. The van der Waals surface area contributed by atoms with Crippen LogP contribution in [0.25, 0.3) is 22.3 Å². The van der Waals surface area contributed by atoms with E-state index in [1.807, 2.05) is 42.5 Å². The van der Waals surface area contributed by atoms with Crippen LogP contribution in [0.1, 0.15) is 42.9 Å². The average Bonchev–Trinajstić information content (AvgIpc) is 3.45. The van der Waals surface area contributed by atoms with Crippen molar-refractivity contribution in [3.8, 4) is 11.4 Å². The standard InChI is InChI=1S/C33H34N6O2/c40-31(36-20-28-17-27-19-34-16-15-29(27)38-28)22-39-32(26-9-5-2-6-10-26)37-21-30(33(39)41)35-18-23-11-13-25(14-12-23)24-7-3-1-4-8-24/h1-10,15-17,19,21,23,25,35,38H,11-14,18,20,22H2,(H,36,40). The average molecular weight is 547 g/mol. The number of benzene rings is 2. The molecule has 5 aromatic rings. The number of aromatic amines is 1. The van der Waals surface area contributed by atoms with Crippen LogP contribution < -0.4 is 16.2 Å². The van der Waals surface area contributed by atoms with Crippen molar-refractivity contribution in [2.24, 2.45) is 5.92 Å². The van der Waals surface area contributed by atoms with Gasteiger partial charge in [0, 0.05) is 41.1 Å². The van der Waals surface area contributed by atoms with Crippen molar-refractivity contribution >= 4 is 22.5 Å². The second kappa shape index (κ2) is 12.2. The summed E-state index contributed by atoms with van der Waals surface area (Å²) in [5.74, 6) is 1.30. The molecule has 6 rings (SSSR count). The number of nitrogens with one attached hydrogen (secondary N) is 3. The van der Waals surface area contributed by atoms with Crippen molar-refractivity contribution in [1.82, 2.24) is 24.8 Å². The minimum Gasteiger partial charge on any atom is -0.379 e. The van der Waals surface area contributed by atoms with E-state index in [-0.39, 0.29) is 18.0 Å². The number of H-pyrrole nitrogens is 1. The number of carbonyl (C=O) groups is 1. The van der Waals surface area contributed by atoms with Crippen molar-refractivity contribution in [3.05, 3.63) is 113 Å². The third-order valence-corrected chi connectivity index (χ3v) is 8.03. The highest BCUT2D eigenvalue weighted by Crippen LogP contribution is 2.35. The van der Waals surface area contributed by atoms with Crippen molar-refractivity contribution < 1.29 is 4.79 Å². The number of pyridine rings is 1. The van der Waals surface area contributed by atoms with Gasteiger partial charge in [0.25, 0.3) is 5.56 Å². The van der Waals surface area contributed by atoms with Crippen molar-refractivity contribution in [2.45, 2.75) is 44.7 Å². The van der Waals surface area contributed by atoms with Gasteiger partial charge in [0.2, 0.25) is 5.91 Å². The van der Waals surface area contributed by atoms with Gasteiger partial charge in [-0.05, 0) is 55.2 Å². The van der Waals surface area contributed by atoms with E-state index in [1.54, 1.807) is 18.6 Å². The smallest absolute Gasteiger partial charge is 0.277 e. The van der Waals surface area contributed by atoms with E-state index in [4.69, 9.17) is 0 Å². The predicted octanol–water partition coefficient (Wildman–Crippen LogP) is 5.49. The zero-order valence-corrected chi connectivity index (χ0v) is 22.9. The van der Waals surface area contributed by atoms with Crippen molar-refractivity contribution in [2.75, 3.05) is 11.9 Å². The Morgan fingerprint density at radius 2 is 1.71 bits per heavy atom. The summed E-state index contributed by atoms with van der Waals surface area (Å²) >= 11 is 0. The molecule has 1 aliphatic carbocycles. The van der Waals surface area contributed by atoms with Crippen LogP contribution in [0, 0.1) is 5.92 Å². The van der Waals surface area contributed by atoms with E-state index >= 15 is 0 Å². The van der Waals surface area contributed by atoms with Crippen LogP contribution in [-0.4, -0.2) is 32.0 Å². The molecule has 1 fully saturated rings. The van der Waals surface area contributed by atoms with Crippen LogP contribution in [0.15, 0.2) is 96.2 Å². The molecule has 8 heteroatoms. The van der Waals surface area contributed by atoms with E-state index in [9.17, 15) is 9.59 Å². The van der Waals surface area contributed by atoms with Gasteiger partial charge in [-0.1, -0.05) is 60.7 Å². The highest BCUT2D eigenvalue weighted by atomic mass is 16.2. The Balaban J connectivity index is 1.14. The molecule has 0 bridgehead atoms. The van der Waals surface area contributed by atoms with Crippen LogP contribution in [0.2, 0.25) is 0 Å². The van der Waals surface area contributed by atoms with Gasteiger partial charge in [-0.3, -0.25) is 19.1 Å². The van der Waals surface area contributed by atoms with Crippen LogP contribution >= 0.6 is 0 Å². The minimum absolute atomic E-state index is 0.129. The Bertz CT molecular complexity index is 1640. The third kappa shape index (κ3) is 6.22. The van der Waals surface area contributed by atoms with E-state index in [0.717, 1.165) is 47.8 Å². The van der Waals surface area contributed by atoms with Crippen LogP contribution in [0.3, 0.4) is 0 Å². The maximum absolute atomic E-state index is 13.7. The molecule has 0 saturated heterocycles. The largest absolute Gasteiger partial charge is 0.379 e. The monoisotopic (exact) mass is 546 g/mol. The van der Waals surface area contributed by atoms with E-state index in [1.165, 1.54) is 10.1 Å². The molecule has 3 heterocycles. The van der Waals surface area contributed by atoms with Gasteiger partial charge in [-0.15, -0.1) is 0 Å². The Morgan fingerprint density at radius 3 is 2.46 bits per heavy atom. The SMILES string of the molecule is O=C(Cn1c(-c2ccccc2)ncc(NCC2CCC(c3ccccc3)CC2)c1=O)NCc1cc2cnccc2[nH]1. The summed E-state index contributed by atoms with van der Waals surface area (Å²) in [5.41, 5.74) is 4.21. The van der Waals surface area contributed by atoms with E-state index in [0.29, 0.717) is 36.4 Å². The first-order valence-corrected chi connectivity index (χ1v) is 14.3. The normalized spacial score (nSPS) is 16.9. The summed E-state index contributed by atoms with van der Waals surface area (Å²) in [6, 6.07) is 24.1. The molecule has 0 aliphatic heterocycles. The number of rotatable bonds is 9. The molecular formula is C33H34N6O2. The number of anilines is 1. The Morgan fingerprint density at radius 1 is 0.951 bits per heavy atom. The molecule has 0 atom stereocenters. The topological polar surface area (TPSA) is 105 Å². The van der Waals surface area contributed by atoms with Crippen molar-refractivity contribution in [3.63, 3.8) is 0 Å². The third-order valence-electron chi connectivity index (χ3n) is 8.03. The lowest BCUT2D eigenvalue weighted by Gasteiger charge is -2.29. The number of hydrogen-bond acceptors (Lipinski definition) is 5. The van der Waals surface area contributed by atoms with Crippen LogP contribution in [0.5, 0.6) is 0 Å². The number of fused-ring (bicyclic) bond motifs is 1. The van der Waals surface area contributed by atoms with Crippen molar-refractivity contribution in [1.29, 1.82) is 0 Å². The predicted molar refractivity (Wildman–Crippen MR) is 162 cm³/mol. The highest BCUT2D eigenvalue weighted by molar-refractivity contribution is 5.80. The zero-order valence-electron chi connectivity index (χ0n) is 22.9. The molecule has 1 aliphatic rings. The van der Waals surface area contributed by atoms with Gasteiger partial charge in [0.05, 0.1) is 12.7 Å². The number of nitrogens with zero attached hydrogens (tertiary/aromatic N) is 3. The van der Waals surface area contributed by atoms with Crippen LogP contribution in [0.4, 0.5) is 5.69 Å².